The van der Waals surface area contributed by atoms with Crippen LogP contribution in [0, 0.1) is 0 Å². The molecule has 2 fully saturated rings. The van der Waals surface area contributed by atoms with E-state index >= 15 is 0 Å². The Morgan fingerprint density at radius 3 is 2.43 bits per heavy atom. The van der Waals surface area contributed by atoms with E-state index in [2.05, 4.69) is 51.9 Å². The van der Waals surface area contributed by atoms with Crippen LogP contribution in [-0.2, 0) is 22.4 Å². The highest BCUT2D eigenvalue weighted by molar-refractivity contribution is 7.70. The van der Waals surface area contributed by atoms with Crippen molar-refractivity contribution in [3.63, 3.8) is 0 Å². The van der Waals surface area contributed by atoms with Gasteiger partial charge >= 0.3 is 0 Å². The number of hydrogen-bond acceptors (Lipinski definition) is 6. The summed E-state index contributed by atoms with van der Waals surface area (Å²) in [7, 11) is -2.32. The molecule has 6 rings (SSSR count). The summed E-state index contributed by atoms with van der Waals surface area (Å²) < 4.78 is 12.5. The lowest BCUT2D eigenvalue weighted by Crippen LogP contribution is -2.55. The number of carbonyl (C=O) groups excluding carboxylic acids is 2. The van der Waals surface area contributed by atoms with Gasteiger partial charge < -0.3 is 25.2 Å². The smallest absolute Gasteiger partial charge is 0.254 e. The van der Waals surface area contributed by atoms with Gasteiger partial charge in [-0.3, -0.25) is 14.5 Å². The average Bonchev–Trinajstić information content (AvgIpc) is 3.28. The Balaban J connectivity index is 1.05. The standard InChI is InChI=1S/C33H39N4O4P/c1-42(2,41)28-8-4-7-27(19-28)34-26-6-3-5-22(17-26)20-36-15-13-23(14-16-36)24-9-10-29-25(18-24)21-37(33(29)40)30-11-12-31(38)35-32(30)39/h3-10,17-19,23,30,32,34,39H,11-16,20-21H2,1-2H3,(H,35,38). The van der Waals surface area contributed by atoms with E-state index < -0.39 is 13.4 Å². The summed E-state index contributed by atoms with van der Waals surface area (Å²) in [5, 5.41) is 17.3. The number of amides is 2. The Bertz CT molecular complexity index is 1540. The van der Waals surface area contributed by atoms with E-state index in [1.165, 1.54) is 11.1 Å². The van der Waals surface area contributed by atoms with Crippen molar-refractivity contribution in [3.05, 3.63) is 89.0 Å². The Kier molecular flexibility index (Phi) is 7.97. The molecule has 2 amide bonds. The van der Waals surface area contributed by atoms with Crippen LogP contribution in [0.1, 0.15) is 58.6 Å². The predicted molar refractivity (Wildman–Crippen MR) is 166 cm³/mol. The van der Waals surface area contributed by atoms with Crippen molar-refractivity contribution in [3.8, 4) is 0 Å². The number of anilines is 2. The third-order valence-corrected chi connectivity index (χ3v) is 10.4. The Morgan fingerprint density at radius 2 is 1.69 bits per heavy atom. The molecule has 2 unspecified atom stereocenters. The molecule has 42 heavy (non-hydrogen) atoms. The fourth-order valence-electron chi connectivity index (χ4n) is 6.50. The summed E-state index contributed by atoms with van der Waals surface area (Å²) in [4.78, 5) is 28.9. The Hall–Kier alpha value is -3.45. The highest BCUT2D eigenvalue weighted by Gasteiger charge is 2.39. The molecule has 3 aromatic rings. The van der Waals surface area contributed by atoms with Crippen LogP contribution in [0.3, 0.4) is 0 Å². The molecule has 0 spiro atoms. The molecule has 3 aromatic carbocycles. The van der Waals surface area contributed by atoms with Crippen molar-refractivity contribution >= 4 is 35.6 Å². The average molecular weight is 587 g/mol. The number of nitrogens with one attached hydrogen (secondary N) is 2. The molecule has 3 N–H and O–H groups in total. The maximum absolute atomic E-state index is 13.1. The van der Waals surface area contributed by atoms with Crippen molar-refractivity contribution in [2.24, 2.45) is 0 Å². The van der Waals surface area contributed by atoms with Gasteiger partial charge in [0.15, 0.2) is 0 Å². The fraction of sp³-hybridized carbons (Fsp3) is 0.394. The topological polar surface area (TPSA) is 102 Å². The van der Waals surface area contributed by atoms with E-state index in [1.807, 2.05) is 30.3 Å². The van der Waals surface area contributed by atoms with Gasteiger partial charge in [0.2, 0.25) is 5.91 Å². The first-order valence-corrected chi connectivity index (χ1v) is 17.4. The number of rotatable bonds is 7. The van der Waals surface area contributed by atoms with Gasteiger partial charge in [-0.05, 0) is 98.6 Å². The SMILES string of the molecule is CP(C)(=O)c1cccc(Nc2cccc(CN3CCC(c4ccc5c(c4)CN(C4CCC(=O)NC4O)C5=O)CC3)c2)c1. The lowest BCUT2D eigenvalue weighted by molar-refractivity contribution is -0.129. The second kappa shape index (κ2) is 11.7. The largest absolute Gasteiger partial charge is 0.372 e. The summed E-state index contributed by atoms with van der Waals surface area (Å²) in [6.07, 6.45) is 1.90. The van der Waals surface area contributed by atoms with Gasteiger partial charge in [-0.25, -0.2) is 0 Å². The molecule has 2 saturated heterocycles. The second-order valence-electron chi connectivity index (χ2n) is 12.2. The van der Waals surface area contributed by atoms with Crippen molar-refractivity contribution in [2.45, 2.75) is 57.0 Å². The normalized spacial score (nSPS) is 21.7. The summed E-state index contributed by atoms with van der Waals surface area (Å²) in [5.74, 6) is 0.212. The predicted octanol–water partition coefficient (Wildman–Crippen LogP) is 4.61. The number of likely N-dealkylation sites (tertiary alicyclic amines) is 1. The first kappa shape index (κ1) is 28.7. The van der Waals surface area contributed by atoms with Gasteiger partial charge in [-0.2, -0.15) is 0 Å². The number of aliphatic hydroxyl groups excluding tert-OH is 1. The Morgan fingerprint density at radius 1 is 0.952 bits per heavy atom. The summed E-state index contributed by atoms with van der Waals surface area (Å²) in [5.41, 5.74) is 6.21. The molecule has 8 nitrogen and oxygen atoms in total. The number of aliphatic hydroxyl groups is 1. The van der Waals surface area contributed by atoms with Crippen LogP contribution in [0.25, 0.3) is 0 Å². The quantitative estimate of drug-likeness (QED) is 0.350. The molecule has 3 heterocycles. The zero-order valence-corrected chi connectivity index (χ0v) is 25.1. The summed E-state index contributed by atoms with van der Waals surface area (Å²) in [6.45, 7) is 6.95. The molecule has 3 aliphatic rings. The first-order chi connectivity index (χ1) is 20.1. The highest BCUT2D eigenvalue weighted by Crippen LogP contribution is 2.36. The van der Waals surface area contributed by atoms with E-state index in [4.69, 9.17) is 0 Å². The molecule has 3 aliphatic heterocycles. The number of fused-ring (bicyclic) bond motifs is 1. The lowest BCUT2D eigenvalue weighted by atomic mass is 9.87. The number of hydrogen-bond donors (Lipinski definition) is 3. The lowest BCUT2D eigenvalue weighted by Gasteiger charge is -2.35. The number of nitrogens with zero attached hydrogens (tertiary/aromatic N) is 2. The molecule has 0 radical (unpaired) electrons. The van der Waals surface area contributed by atoms with Crippen LogP contribution in [0.2, 0.25) is 0 Å². The minimum absolute atomic E-state index is 0.0632. The molecule has 0 saturated carbocycles. The third kappa shape index (κ3) is 6.17. The van der Waals surface area contributed by atoms with Crippen LogP contribution < -0.4 is 15.9 Å². The monoisotopic (exact) mass is 586 g/mol. The minimum atomic E-state index is -2.32. The van der Waals surface area contributed by atoms with Crippen molar-refractivity contribution in [2.75, 3.05) is 31.7 Å². The first-order valence-electron chi connectivity index (χ1n) is 14.8. The maximum Gasteiger partial charge on any atom is 0.254 e. The third-order valence-electron chi connectivity index (χ3n) is 8.85. The van der Waals surface area contributed by atoms with Crippen LogP contribution in [0.5, 0.6) is 0 Å². The van der Waals surface area contributed by atoms with Crippen LogP contribution in [0.15, 0.2) is 66.7 Å². The van der Waals surface area contributed by atoms with Gasteiger partial charge in [0.25, 0.3) is 5.91 Å². The van der Waals surface area contributed by atoms with Crippen molar-refractivity contribution in [1.29, 1.82) is 0 Å². The van der Waals surface area contributed by atoms with Gasteiger partial charge in [0.05, 0.1) is 6.04 Å². The zero-order valence-electron chi connectivity index (χ0n) is 24.3. The highest BCUT2D eigenvalue weighted by atomic mass is 31.2. The van der Waals surface area contributed by atoms with Gasteiger partial charge in [0.1, 0.15) is 13.4 Å². The van der Waals surface area contributed by atoms with E-state index in [1.54, 1.807) is 18.2 Å². The van der Waals surface area contributed by atoms with E-state index in [9.17, 15) is 19.3 Å². The molecule has 220 valence electrons. The number of benzene rings is 3. The van der Waals surface area contributed by atoms with Crippen molar-refractivity contribution in [1.82, 2.24) is 15.1 Å². The zero-order chi connectivity index (χ0) is 29.4. The summed E-state index contributed by atoms with van der Waals surface area (Å²) >= 11 is 0. The second-order valence-corrected chi connectivity index (χ2v) is 15.5. The van der Waals surface area contributed by atoms with Crippen LogP contribution in [0.4, 0.5) is 11.4 Å². The number of carbonyl (C=O) groups is 2. The van der Waals surface area contributed by atoms with Crippen LogP contribution >= 0.6 is 7.14 Å². The molecule has 0 aliphatic carbocycles. The van der Waals surface area contributed by atoms with Crippen LogP contribution in [-0.4, -0.2) is 65.4 Å². The van der Waals surface area contributed by atoms with Gasteiger partial charge in [-0.1, -0.05) is 36.4 Å². The van der Waals surface area contributed by atoms with E-state index in [0.717, 1.165) is 54.7 Å². The van der Waals surface area contributed by atoms with Crippen molar-refractivity contribution < 1.29 is 19.3 Å². The van der Waals surface area contributed by atoms with Gasteiger partial charge in [0, 0.05) is 41.8 Å². The van der Waals surface area contributed by atoms with E-state index in [-0.39, 0.29) is 17.9 Å². The molecule has 2 atom stereocenters. The van der Waals surface area contributed by atoms with E-state index in [0.29, 0.717) is 30.9 Å². The minimum Gasteiger partial charge on any atom is -0.372 e. The molecular weight excluding hydrogens is 547 g/mol. The molecule has 9 heteroatoms. The number of piperidine rings is 2. The Labute approximate surface area is 247 Å². The fourth-order valence-corrected chi connectivity index (χ4v) is 7.39. The van der Waals surface area contributed by atoms with Gasteiger partial charge in [-0.15, -0.1) is 0 Å². The maximum atomic E-state index is 13.1. The molecule has 0 bridgehead atoms. The molecular formula is C33H39N4O4P. The molecule has 0 aromatic heterocycles. The summed E-state index contributed by atoms with van der Waals surface area (Å²) in [6, 6.07) is 22.2.